The predicted octanol–water partition coefficient (Wildman–Crippen LogP) is 2.29. The van der Waals surface area contributed by atoms with Crippen LogP contribution in [0.2, 0.25) is 0 Å². The molecule has 5 heteroatoms. The summed E-state index contributed by atoms with van der Waals surface area (Å²) in [5, 5.41) is 9.61. The molecule has 1 atom stereocenters. The SMILES string of the molecule is CC(C)OCC(O)CSc1ccc(N)cc1F. The van der Waals surface area contributed by atoms with Gasteiger partial charge >= 0.3 is 0 Å². The van der Waals surface area contributed by atoms with E-state index in [0.717, 1.165) is 0 Å². The van der Waals surface area contributed by atoms with Crippen LogP contribution >= 0.6 is 11.8 Å². The fourth-order valence-electron chi connectivity index (χ4n) is 1.17. The van der Waals surface area contributed by atoms with E-state index in [2.05, 4.69) is 0 Å². The minimum absolute atomic E-state index is 0.0860. The normalized spacial score (nSPS) is 13.0. The highest BCUT2D eigenvalue weighted by atomic mass is 32.2. The average Bonchev–Trinajstić information content (AvgIpc) is 2.25. The largest absolute Gasteiger partial charge is 0.399 e. The van der Waals surface area contributed by atoms with Crippen LogP contribution in [0.3, 0.4) is 0 Å². The number of hydrogen-bond acceptors (Lipinski definition) is 4. The van der Waals surface area contributed by atoms with E-state index in [1.54, 1.807) is 12.1 Å². The fraction of sp³-hybridized carbons (Fsp3) is 0.500. The fourth-order valence-corrected chi connectivity index (χ4v) is 2.00. The van der Waals surface area contributed by atoms with Crippen molar-refractivity contribution in [3.63, 3.8) is 0 Å². The number of nitrogens with two attached hydrogens (primary N) is 1. The summed E-state index contributed by atoms with van der Waals surface area (Å²) in [4.78, 5) is 0.489. The maximum atomic E-state index is 13.4. The number of anilines is 1. The van der Waals surface area contributed by atoms with Gasteiger partial charge in [0, 0.05) is 16.3 Å². The van der Waals surface area contributed by atoms with Gasteiger partial charge in [-0.25, -0.2) is 4.39 Å². The Labute approximate surface area is 105 Å². The highest BCUT2D eigenvalue weighted by Crippen LogP contribution is 2.24. The first-order valence-electron chi connectivity index (χ1n) is 5.46. The van der Waals surface area contributed by atoms with Crippen molar-refractivity contribution in [2.75, 3.05) is 18.1 Å². The molecule has 17 heavy (non-hydrogen) atoms. The van der Waals surface area contributed by atoms with Crippen molar-refractivity contribution in [1.29, 1.82) is 0 Å². The van der Waals surface area contributed by atoms with Gasteiger partial charge in [0.15, 0.2) is 0 Å². The van der Waals surface area contributed by atoms with Crippen molar-refractivity contribution in [2.45, 2.75) is 31.0 Å². The standard InChI is InChI=1S/C12H18FNO2S/c1-8(2)16-6-10(15)7-17-12-4-3-9(14)5-11(12)13/h3-5,8,10,15H,6-7,14H2,1-2H3. The first-order chi connectivity index (χ1) is 7.99. The average molecular weight is 259 g/mol. The number of rotatable bonds is 6. The lowest BCUT2D eigenvalue weighted by Gasteiger charge is -2.13. The number of aliphatic hydroxyl groups excluding tert-OH is 1. The number of thioether (sulfide) groups is 1. The molecule has 1 unspecified atom stereocenters. The molecule has 0 aliphatic heterocycles. The van der Waals surface area contributed by atoms with E-state index in [-0.39, 0.29) is 18.5 Å². The Morgan fingerprint density at radius 2 is 2.18 bits per heavy atom. The van der Waals surface area contributed by atoms with Crippen molar-refractivity contribution < 1.29 is 14.2 Å². The number of ether oxygens (including phenoxy) is 1. The lowest BCUT2D eigenvalue weighted by molar-refractivity contribution is 0.0152. The van der Waals surface area contributed by atoms with Crippen LogP contribution in [-0.2, 0) is 4.74 Å². The van der Waals surface area contributed by atoms with Crippen LogP contribution in [0.25, 0.3) is 0 Å². The van der Waals surface area contributed by atoms with Crippen molar-refractivity contribution in [3.05, 3.63) is 24.0 Å². The first kappa shape index (κ1) is 14.3. The number of nitrogen functional groups attached to an aromatic ring is 1. The van der Waals surface area contributed by atoms with Gasteiger partial charge in [-0.3, -0.25) is 0 Å². The molecule has 0 amide bonds. The third kappa shape index (κ3) is 5.39. The van der Waals surface area contributed by atoms with Gasteiger partial charge in [-0.1, -0.05) is 0 Å². The van der Waals surface area contributed by atoms with E-state index >= 15 is 0 Å². The molecule has 0 aliphatic rings. The Kier molecular flexibility index (Phi) is 5.74. The van der Waals surface area contributed by atoms with Gasteiger partial charge in [-0.2, -0.15) is 0 Å². The Morgan fingerprint density at radius 1 is 1.47 bits per heavy atom. The van der Waals surface area contributed by atoms with Gasteiger partial charge in [0.1, 0.15) is 5.82 Å². The summed E-state index contributed by atoms with van der Waals surface area (Å²) in [6.45, 7) is 4.07. The summed E-state index contributed by atoms with van der Waals surface area (Å²) in [6, 6.07) is 4.53. The molecule has 0 heterocycles. The van der Waals surface area contributed by atoms with E-state index in [0.29, 0.717) is 16.3 Å². The Balaban J connectivity index is 2.39. The predicted molar refractivity (Wildman–Crippen MR) is 68.6 cm³/mol. The topological polar surface area (TPSA) is 55.5 Å². The van der Waals surface area contributed by atoms with Crippen LogP contribution < -0.4 is 5.73 Å². The number of aliphatic hydroxyl groups is 1. The summed E-state index contributed by atoms with van der Waals surface area (Å²) < 4.78 is 18.7. The van der Waals surface area contributed by atoms with E-state index in [1.165, 1.54) is 17.8 Å². The summed E-state index contributed by atoms with van der Waals surface area (Å²) in [7, 11) is 0. The van der Waals surface area contributed by atoms with Crippen molar-refractivity contribution in [1.82, 2.24) is 0 Å². The van der Waals surface area contributed by atoms with Crippen molar-refractivity contribution in [3.8, 4) is 0 Å². The molecule has 0 saturated carbocycles. The molecule has 1 aromatic rings. The van der Waals surface area contributed by atoms with Gasteiger partial charge in [0.2, 0.25) is 0 Å². The number of halogens is 1. The molecular weight excluding hydrogens is 241 g/mol. The second kappa shape index (κ2) is 6.83. The molecule has 0 fully saturated rings. The van der Waals surface area contributed by atoms with Gasteiger partial charge in [0.25, 0.3) is 0 Å². The van der Waals surface area contributed by atoms with Crippen LogP contribution in [0.4, 0.5) is 10.1 Å². The Hall–Kier alpha value is -0.780. The molecule has 0 bridgehead atoms. The third-order valence-electron chi connectivity index (χ3n) is 2.01. The number of benzene rings is 1. The van der Waals surface area contributed by atoms with Crippen LogP contribution in [0.5, 0.6) is 0 Å². The first-order valence-corrected chi connectivity index (χ1v) is 6.45. The smallest absolute Gasteiger partial charge is 0.138 e. The number of hydrogen-bond donors (Lipinski definition) is 2. The van der Waals surface area contributed by atoms with E-state index in [1.807, 2.05) is 13.8 Å². The van der Waals surface area contributed by atoms with Gasteiger partial charge < -0.3 is 15.6 Å². The minimum atomic E-state index is -0.598. The van der Waals surface area contributed by atoms with E-state index in [9.17, 15) is 9.50 Å². The molecule has 0 aliphatic carbocycles. The Bertz CT molecular complexity index is 360. The van der Waals surface area contributed by atoms with Crippen LogP contribution in [0, 0.1) is 5.82 Å². The molecule has 3 N–H and O–H groups in total. The highest BCUT2D eigenvalue weighted by molar-refractivity contribution is 7.99. The van der Waals surface area contributed by atoms with Gasteiger partial charge in [0.05, 0.1) is 18.8 Å². The zero-order chi connectivity index (χ0) is 12.8. The Morgan fingerprint density at radius 3 is 2.76 bits per heavy atom. The lowest BCUT2D eigenvalue weighted by atomic mass is 10.3. The van der Waals surface area contributed by atoms with E-state index < -0.39 is 6.10 Å². The highest BCUT2D eigenvalue weighted by Gasteiger charge is 2.09. The van der Waals surface area contributed by atoms with Crippen molar-refractivity contribution >= 4 is 17.4 Å². The minimum Gasteiger partial charge on any atom is -0.399 e. The van der Waals surface area contributed by atoms with Crippen LogP contribution in [0.15, 0.2) is 23.1 Å². The van der Waals surface area contributed by atoms with E-state index in [4.69, 9.17) is 10.5 Å². The lowest BCUT2D eigenvalue weighted by Crippen LogP contribution is -2.20. The van der Waals surface area contributed by atoms with Gasteiger partial charge in [-0.15, -0.1) is 11.8 Å². The summed E-state index contributed by atoms with van der Waals surface area (Å²) in [5.41, 5.74) is 5.84. The zero-order valence-electron chi connectivity index (χ0n) is 10.0. The molecule has 0 saturated heterocycles. The molecule has 1 rings (SSSR count). The summed E-state index contributed by atoms with van der Waals surface area (Å²) in [5.74, 6) is 0.0417. The second-order valence-corrected chi connectivity index (χ2v) is 5.10. The van der Waals surface area contributed by atoms with Crippen LogP contribution in [-0.4, -0.2) is 29.7 Å². The van der Waals surface area contributed by atoms with Crippen LogP contribution in [0.1, 0.15) is 13.8 Å². The zero-order valence-corrected chi connectivity index (χ0v) is 10.8. The quantitative estimate of drug-likeness (QED) is 0.608. The molecule has 3 nitrogen and oxygen atoms in total. The monoisotopic (exact) mass is 259 g/mol. The summed E-state index contributed by atoms with van der Waals surface area (Å²) >= 11 is 1.25. The van der Waals surface area contributed by atoms with Gasteiger partial charge in [-0.05, 0) is 32.0 Å². The molecule has 0 radical (unpaired) electrons. The maximum absolute atomic E-state index is 13.4. The summed E-state index contributed by atoms with van der Waals surface area (Å²) in [6.07, 6.45) is -0.512. The third-order valence-corrected chi connectivity index (χ3v) is 3.20. The van der Waals surface area contributed by atoms with Crippen molar-refractivity contribution in [2.24, 2.45) is 0 Å². The molecule has 1 aromatic carbocycles. The maximum Gasteiger partial charge on any atom is 0.138 e. The molecular formula is C12H18FNO2S. The molecule has 0 spiro atoms. The second-order valence-electron chi connectivity index (χ2n) is 4.04. The molecule has 0 aromatic heterocycles. The molecule has 96 valence electrons.